The van der Waals surface area contributed by atoms with Gasteiger partial charge in [-0.15, -0.1) is 13.2 Å². The van der Waals surface area contributed by atoms with E-state index in [9.17, 15) is 0 Å². The molecular weight excluding hydrogens is 304 g/mol. The number of unbranched alkanes of at least 4 members (excludes halogenated alkanes) is 2. The van der Waals surface area contributed by atoms with Crippen molar-refractivity contribution < 1.29 is 18.9 Å². The summed E-state index contributed by atoms with van der Waals surface area (Å²) in [5.74, 6) is 2.08. The van der Waals surface area contributed by atoms with Crippen molar-refractivity contribution in [2.24, 2.45) is 0 Å². The van der Waals surface area contributed by atoms with Crippen LogP contribution in [0.15, 0.2) is 43.7 Å². The van der Waals surface area contributed by atoms with Gasteiger partial charge in [-0.2, -0.15) is 0 Å². The van der Waals surface area contributed by atoms with E-state index in [1.54, 1.807) is 20.5 Å². The van der Waals surface area contributed by atoms with Gasteiger partial charge < -0.3 is 18.9 Å². The topological polar surface area (TPSA) is 36.9 Å². The van der Waals surface area contributed by atoms with Crippen LogP contribution in [-0.2, 0) is 4.74 Å². The Morgan fingerprint density at radius 1 is 0.875 bits per heavy atom. The van der Waals surface area contributed by atoms with Gasteiger partial charge in [0.2, 0.25) is 0 Å². The molecule has 0 N–H and O–H groups in total. The van der Waals surface area contributed by atoms with Crippen LogP contribution in [0, 0.1) is 0 Å². The Bertz CT molecular complexity index is 535. The summed E-state index contributed by atoms with van der Waals surface area (Å²) in [5.41, 5.74) is 0.884. The zero-order valence-electron chi connectivity index (χ0n) is 14.8. The fourth-order valence-electron chi connectivity index (χ4n) is 2.05. The molecule has 0 radical (unpaired) electrons. The van der Waals surface area contributed by atoms with Crippen LogP contribution in [0.3, 0.4) is 0 Å². The summed E-state index contributed by atoms with van der Waals surface area (Å²) in [5, 5.41) is 0. The Hall–Kier alpha value is -2.36. The minimum Gasteiger partial charge on any atom is -0.504 e. The minimum atomic E-state index is 0.606. The molecule has 0 unspecified atom stereocenters. The maximum Gasteiger partial charge on any atom is 0.164 e. The lowest BCUT2D eigenvalue weighted by molar-refractivity contribution is 0.283. The molecule has 0 bridgehead atoms. The average Bonchev–Trinajstić information content (AvgIpc) is 2.61. The molecule has 0 spiro atoms. The minimum absolute atomic E-state index is 0.606. The molecule has 132 valence electrons. The van der Waals surface area contributed by atoms with Crippen LogP contribution in [0.5, 0.6) is 17.2 Å². The highest BCUT2D eigenvalue weighted by molar-refractivity contribution is 5.63. The Kier molecular flexibility index (Phi) is 9.93. The molecule has 1 rings (SSSR count). The van der Waals surface area contributed by atoms with Gasteiger partial charge in [-0.25, -0.2) is 0 Å². The number of ether oxygens (including phenoxy) is 4. The van der Waals surface area contributed by atoms with Crippen molar-refractivity contribution in [2.45, 2.75) is 25.7 Å². The summed E-state index contributed by atoms with van der Waals surface area (Å²) in [6.07, 6.45) is 10.9. The number of allylic oxidation sites excluding steroid dienone is 2. The fraction of sp³-hybridized carbons (Fsp3) is 0.400. The van der Waals surface area contributed by atoms with E-state index in [0.717, 1.165) is 37.0 Å². The van der Waals surface area contributed by atoms with E-state index in [1.165, 1.54) is 0 Å². The van der Waals surface area contributed by atoms with Crippen molar-refractivity contribution in [3.63, 3.8) is 0 Å². The van der Waals surface area contributed by atoms with Crippen LogP contribution in [0.2, 0.25) is 0 Å². The molecular formula is C20H28O4. The first kappa shape index (κ1) is 19.7. The van der Waals surface area contributed by atoms with Gasteiger partial charge in [0, 0.05) is 11.6 Å². The molecule has 0 aliphatic rings. The van der Waals surface area contributed by atoms with Gasteiger partial charge in [-0.1, -0.05) is 12.2 Å². The monoisotopic (exact) mass is 332 g/mol. The molecule has 0 aliphatic heterocycles. The fourth-order valence-corrected chi connectivity index (χ4v) is 2.05. The second-order valence-corrected chi connectivity index (χ2v) is 5.14. The Labute approximate surface area is 145 Å². The van der Waals surface area contributed by atoms with Crippen molar-refractivity contribution >= 4 is 6.08 Å². The molecule has 1 aromatic rings. The van der Waals surface area contributed by atoms with Crippen molar-refractivity contribution in [1.29, 1.82) is 0 Å². The van der Waals surface area contributed by atoms with E-state index in [0.29, 0.717) is 24.7 Å². The zero-order valence-corrected chi connectivity index (χ0v) is 14.8. The van der Waals surface area contributed by atoms with Gasteiger partial charge in [0.15, 0.2) is 11.5 Å². The molecule has 0 fully saturated rings. The Morgan fingerprint density at radius 2 is 1.50 bits per heavy atom. The summed E-state index contributed by atoms with van der Waals surface area (Å²) < 4.78 is 22.2. The van der Waals surface area contributed by atoms with Crippen molar-refractivity contribution in [1.82, 2.24) is 0 Å². The second-order valence-electron chi connectivity index (χ2n) is 5.14. The summed E-state index contributed by atoms with van der Waals surface area (Å²) in [6, 6.07) is 3.76. The Balaban J connectivity index is 2.93. The van der Waals surface area contributed by atoms with Crippen molar-refractivity contribution in [3.8, 4) is 17.2 Å². The van der Waals surface area contributed by atoms with Crippen LogP contribution in [-0.4, -0.2) is 27.4 Å². The zero-order chi connectivity index (χ0) is 17.6. The third-order valence-electron chi connectivity index (χ3n) is 3.30. The number of methoxy groups -OCH3 is 2. The quantitative estimate of drug-likeness (QED) is 0.289. The highest BCUT2D eigenvalue weighted by Crippen LogP contribution is 2.36. The summed E-state index contributed by atoms with van der Waals surface area (Å²) in [4.78, 5) is 0. The molecule has 0 atom stereocenters. The molecule has 0 saturated carbocycles. The number of hydrogen-bond donors (Lipinski definition) is 0. The highest BCUT2D eigenvalue weighted by Gasteiger charge is 2.11. The standard InChI is InChI=1S/C20H28O4/c1-5-7-9-12-23-18-16-19(22-4)20(24-13-10-8-6-2)15-17(18)11-14-21-3/h5-6,11,14-16H,1-2,7-10,12-13H2,3-4H3. The molecule has 4 nitrogen and oxygen atoms in total. The van der Waals surface area contributed by atoms with Crippen molar-refractivity contribution in [3.05, 3.63) is 49.3 Å². The third-order valence-corrected chi connectivity index (χ3v) is 3.30. The highest BCUT2D eigenvalue weighted by atomic mass is 16.5. The maximum atomic E-state index is 5.87. The van der Waals surface area contributed by atoms with Crippen LogP contribution in [0.25, 0.3) is 6.08 Å². The van der Waals surface area contributed by atoms with E-state index in [2.05, 4.69) is 13.2 Å². The van der Waals surface area contributed by atoms with Crippen LogP contribution in [0.1, 0.15) is 31.2 Å². The number of hydrogen-bond acceptors (Lipinski definition) is 4. The lowest BCUT2D eigenvalue weighted by atomic mass is 10.1. The average molecular weight is 332 g/mol. The van der Waals surface area contributed by atoms with E-state index < -0.39 is 0 Å². The normalized spacial score (nSPS) is 10.4. The van der Waals surface area contributed by atoms with Crippen LogP contribution < -0.4 is 14.2 Å². The summed E-state index contributed by atoms with van der Waals surface area (Å²) in [7, 11) is 3.23. The van der Waals surface area contributed by atoms with Crippen LogP contribution >= 0.6 is 0 Å². The van der Waals surface area contributed by atoms with Gasteiger partial charge in [-0.3, -0.25) is 0 Å². The second kappa shape index (κ2) is 12.1. The third kappa shape index (κ3) is 6.82. The lowest BCUT2D eigenvalue weighted by Crippen LogP contribution is -2.02. The molecule has 0 aromatic heterocycles. The smallest absolute Gasteiger partial charge is 0.164 e. The SMILES string of the molecule is C=CCCCOc1cc(OC)c(OCCCC=C)cc1C=COC. The van der Waals surface area contributed by atoms with E-state index in [-0.39, 0.29) is 0 Å². The molecule has 0 heterocycles. The molecule has 0 saturated heterocycles. The first-order chi connectivity index (χ1) is 11.8. The molecule has 24 heavy (non-hydrogen) atoms. The van der Waals surface area contributed by atoms with Gasteiger partial charge in [0.05, 0.1) is 33.7 Å². The molecule has 4 heteroatoms. The number of benzene rings is 1. The Morgan fingerprint density at radius 3 is 2.04 bits per heavy atom. The van der Waals surface area contributed by atoms with Gasteiger partial charge in [0.1, 0.15) is 5.75 Å². The summed E-state index contributed by atoms with van der Waals surface area (Å²) >= 11 is 0. The lowest BCUT2D eigenvalue weighted by Gasteiger charge is -2.15. The first-order valence-corrected chi connectivity index (χ1v) is 8.15. The summed E-state index contributed by atoms with van der Waals surface area (Å²) in [6.45, 7) is 8.65. The van der Waals surface area contributed by atoms with E-state index >= 15 is 0 Å². The predicted molar refractivity (Wildman–Crippen MR) is 98.9 cm³/mol. The van der Waals surface area contributed by atoms with E-state index in [1.807, 2.05) is 30.4 Å². The predicted octanol–water partition coefficient (Wildman–Crippen LogP) is 5.00. The van der Waals surface area contributed by atoms with Gasteiger partial charge in [0.25, 0.3) is 0 Å². The maximum absolute atomic E-state index is 5.87. The molecule has 0 amide bonds. The van der Waals surface area contributed by atoms with Gasteiger partial charge in [-0.05, 0) is 37.8 Å². The van der Waals surface area contributed by atoms with Crippen molar-refractivity contribution in [2.75, 3.05) is 27.4 Å². The largest absolute Gasteiger partial charge is 0.504 e. The first-order valence-electron chi connectivity index (χ1n) is 8.15. The number of rotatable bonds is 13. The van der Waals surface area contributed by atoms with Crippen LogP contribution in [0.4, 0.5) is 0 Å². The molecule has 0 aliphatic carbocycles. The molecule has 1 aromatic carbocycles. The van der Waals surface area contributed by atoms with E-state index in [4.69, 9.17) is 18.9 Å². The van der Waals surface area contributed by atoms with Gasteiger partial charge >= 0.3 is 0 Å².